The second-order valence-corrected chi connectivity index (χ2v) is 9.97. The molecule has 4 heteroatoms. The molecular formula is C27H60N4. The third kappa shape index (κ3) is 21.4. The molecule has 1 heterocycles. The highest BCUT2D eigenvalue weighted by Gasteiger charge is 2.09. The molecule has 1 aliphatic rings. The van der Waals surface area contributed by atoms with Crippen LogP contribution < -0.4 is 0 Å². The van der Waals surface area contributed by atoms with Crippen molar-refractivity contribution in [2.24, 2.45) is 0 Å². The Hall–Kier alpha value is -0.160. The molecule has 0 aromatic heterocycles. The van der Waals surface area contributed by atoms with E-state index in [9.17, 15) is 0 Å². The lowest BCUT2D eigenvalue weighted by molar-refractivity contribution is 0.0158. The Balaban J connectivity index is 0.000000582. The molecule has 0 bridgehead atoms. The van der Waals surface area contributed by atoms with E-state index in [0.29, 0.717) is 0 Å². The average molecular weight is 441 g/mol. The van der Waals surface area contributed by atoms with Crippen molar-refractivity contribution in [1.29, 1.82) is 0 Å². The molecule has 0 aromatic rings. The molecular weight excluding hydrogens is 380 g/mol. The maximum atomic E-state index is 2.45. The lowest BCUT2D eigenvalue weighted by Gasteiger charge is -2.31. The van der Waals surface area contributed by atoms with Gasteiger partial charge in [-0.3, -0.25) is 0 Å². The van der Waals surface area contributed by atoms with Crippen LogP contribution in [0.5, 0.6) is 0 Å². The number of unbranched alkanes of at least 4 members (excludes halogenated alkanes) is 12. The van der Waals surface area contributed by atoms with Crippen LogP contribution in [0.3, 0.4) is 0 Å². The van der Waals surface area contributed by atoms with Crippen molar-refractivity contribution in [3.63, 3.8) is 0 Å². The number of nitrogens with zero attached hydrogens (tertiary/aromatic N) is 4. The Kier molecular flexibility index (Phi) is 22.9. The van der Waals surface area contributed by atoms with Crippen LogP contribution in [0.2, 0.25) is 0 Å². The molecule has 0 N–H and O–H groups in total. The van der Waals surface area contributed by atoms with Crippen molar-refractivity contribution in [2.45, 2.75) is 110 Å². The first kappa shape index (κ1) is 30.8. The highest BCUT2D eigenvalue weighted by atomic mass is 15.6. The number of hydrogen-bond donors (Lipinski definition) is 0. The molecule has 31 heavy (non-hydrogen) atoms. The minimum absolute atomic E-state index is 1.13. The van der Waals surface area contributed by atoms with Gasteiger partial charge in [0.05, 0.1) is 0 Å². The Labute approximate surface area is 197 Å². The van der Waals surface area contributed by atoms with Gasteiger partial charge in [-0.2, -0.15) is 0 Å². The first-order valence-electron chi connectivity index (χ1n) is 13.8. The summed E-state index contributed by atoms with van der Waals surface area (Å²) in [5.74, 6) is 0. The van der Waals surface area contributed by atoms with E-state index in [-0.39, 0.29) is 0 Å². The van der Waals surface area contributed by atoms with Crippen LogP contribution in [0.1, 0.15) is 110 Å². The summed E-state index contributed by atoms with van der Waals surface area (Å²) in [7, 11) is 8.82. The van der Waals surface area contributed by atoms with E-state index in [2.05, 4.69) is 61.9 Å². The third-order valence-electron chi connectivity index (χ3n) is 6.70. The number of hydrazine groups is 1. The van der Waals surface area contributed by atoms with Crippen molar-refractivity contribution >= 4 is 0 Å². The lowest BCUT2D eigenvalue weighted by atomic mass is 10.1. The molecule has 188 valence electrons. The van der Waals surface area contributed by atoms with E-state index in [1.165, 1.54) is 116 Å². The maximum absolute atomic E-state index is 2.45. The van der Waals surface area contributed by atoms with Crippen molar-refractivity contribution < 1.29 is 0 Å². The zero-order chi connectivity index (χ0) is 23.2. The van der Waals surface area contributed by atoms with Crippen molar-refractivity contribution in [1.82, 2.24) is 19.8 Å². The second kappa shape index (κ2) is 23.0. The summed E-state index contributed by atoms with van der Waals surface area (Å²) in [6, 6.07) is 0. The predicted octanol–water partition coefficient (Wildman–Crippen LogP) is 6.52. The molecule has 0 aromatic carbocycles. The number of hydrogen-bond acceptors (Lipinski definition) is 4. The minimum Gasteiger partial charge on any atom is -0.306 e. The quantitative estimate of drug-likeness (QED) is 0.320. The molecule has 0 spiro atoms. The van der Waals surface area contributed by atoms with E-state index in [1.54, 1.807) is 0 Å². The smallest absolute Gasteiger partial charge is 0.0257 e. The molecule has 0 radical (unpaired) electrons. The summed E-state index contributed by atoms with van der Waals surface area (Å²) in [6.45, 7) is 11.7. The monoisotopic (exact) mass is 440 g/mol. The van der Waals surface area contributed by atoms with Gasteiger partial charge in [0.25, 0.3) is 0 Å². The van der Waals surface area contributed by atoms with Crippen LogP contribution in [-0.2, 0) is 0 Å². The van der Waals surface area contributed by atoms with Gasteiger partial charge in [0.2, 0.25) is 0 Å². The Bertz CT molecular complexity index is 338. The molecule has 1 aliphatic heterocycles. The van der Waals surface area contributed by atoms with E-state index >= 15 is 0 Å². The minimum atomic E-state index is 1.13. The van der Waals surface area contributed by atoms with E-state index in [4.69, 9.17) is 0 Å². The normalized spacial score (nSPS) is 18.8. The average Bonchev–Trinajstić information content (AvgIpc) is 2.75. The molecule has 1 rings (SSSR count). The topological polar surface area (TPSA) is 13.0 Å². The van der Waals surface area contributed by atoms with Crippen LogP contribution in [0.15, 0.2) is 0 Å². The fraction of sp³-hybridized carbons (Fsp3) is 1.00. The highest BCUT2D eigenvalue weighted by molar-refractivity contribution is 4.61. The van der Waals surface area contributed by atoms with Crippen LogP contribution in [0, 0.1) is 0 Å². The Morgan fingerprint density at radius 2 is 0.710 bits per heavy atom. The van der Waals surface area contributed by atoms with E-state index in [1.807, 2.05) is 0 Å². The third-order valence-corrected chi connectivity index (χ3v) is 6.70. The first-order chi connectivity index (χ1) is 15.0. The largest absolute Gasteiger partial charge is 0.306 e. The lowest BCUT2D eigenvalue weighted by Crippen LogP contribution is -2.43. The SMILES string of the molecule is CCCCCCCCCCCCCCC.CN1CCCN(C)CCN(C)N(C)CCC1. The van der Waals surface area contributed by atoms with Gasteiger partial charge in [-0.05, 0) is 46.6 Å². The van der Waals surface area contributed by atoms with Gasteiger partial charge < -0.3 is 9.80 Å². The maximum Gasteiger partial charge on any atom is 0.0257 e. The fourth-order valence-electron chi connectivity index (χ4n) is 4.15. The number of likely N-dealkylation sites (N-methyl/N-ethyl adjacent to an activating group) is 2. The van der Waals surface area contributed by atoms with E-state index in [0.717, 1.165) is 19.6 Å². The molecule has 1 fully saturated rings. The summed E-state index contributed by atoms with van der Waals surface area (Å²) in [4.78, 5) is 4.88. The molecule has 0 atom stereocenters. The summed E-state index contributed by atoms with van der Waals surface area (Å²) in [6.07, 6.45) is 21.5. The first-order valence-corrected chi connectivity index (χ1v) is 13.8. The van der Waals surface area contributed by atoms with Crippen LogP contribution >= 0.6 is 0 Å². The van der Waals surface area contributed by atoms with E-state index < -0.39 is 0 Å². The standard InChI is InChI=1S/C15H32.C12H28N4/c1-3-5-7-9-11-13-15-14-12-10-8-6-4-2;1-13-7-5-8-14(2)11-12-16(4)15(3)10-6-9-13/h3-15H2,1-2H3;5-12H2,1-4H3. The van der Waals surface area contributed by atoms with Crippen molar-refractivity contribution in [3.05, 3.63) is 0 Å². The van der Waals surface area contributed by atoms with Gasteiger partial charge in [0, 0.05) is 33.7 Å². The summed E-state index contributed by atoms with van der Waals surface area (Å²) in [5.41, 5.74) is 0. The molecule has 1 saturated heterocycles. The molecule has 0 amide bonds. The zero-order valence-corrected chi connectivity index (χ0v) is 22.6. The van der Waals surface area contributed by atoms with Crippen molar-refractivity contribution in [2.75, 3.05) is 67.5 Å². The Morgan fingerprint density at radius 1 is 0.387 bits per heavy atom. The fourth-order valence-corrected chi connectivity index (χ4v) is 4.15. The van der Waals surface area contributed by atoms with Gasteiger partial charge in [0.1, 0.15) is 0 Å². The Morgan fingerprint density at radius 3 is 1.13 bits per heavy atom. The van der Waals surface area contributed by atoms with Gasteiger partial charge in [-0.15, -0.1) is 0 Å². The van der Waals surface area contributed by atoms with Crippen molar-refractivity contribution in [3.8, 4) is 0 Å². The zero-order valence-electron chi connectivity index (χ0n) is 22.6. The molecule has 0 saturated carbocycles. The predicted molar refractivity (Wildman–Crippen MR) is 141 cm³/mol. The second-order valence-electron chi connectivity index (χ2n) is 9.97. The van der Waals surface area contributed by atoms with Gasteiger partial charge in [-0.1, -0.05) is 97.3 Å². The van der Waals surface area contributed by atoms with Crippen LogP contribution in [0.4, 0.5) is 0 Å². The summed E-state index contributed by atoms with van der Waals surface area (Å²) >= 11 is 0. The number of rotatable bonds is 12. The van der Waals surface area contributed by atoms with Crippen LogP contribution in [0.25, 0.3) is 0 Å². The van der Waals surface area contributed by atoms with Crippen LogP contribution in [-0.4, -0.2) is 87.3 Å². The summed E-state index contributed by atoms with van der Waals surface area (Å²) in [5, 5.41) is 4.67. The van der Waals surface area contributed by atoms with Gasteiger partial charge in [-0.25, -0.2) is 10.0 Å². The molecule has 0 aliphatic carbocycles. The van der Waals surface area contributed by atoms with Gasteiger partial charge >= 0.3 is 0 Å². The highest BCUT2D eigenvalue weighted by Crippen LogP contribution is 2.12. The molecule has 4 nitrogen and oxygen atoms in total. The summed E-state index contributed by atoms with van der Waals surface area (Å²) < 4.78 is 0. The molecule has 0 unspecified atom stereocenters. The van der Waals surface area contributed by atoms with Gasteiger partial charge in [0.15, 0.2) is 0 Å².